The smallest absolute Gasteiger partial charge is 0.290 e. The van der Waals surface area contributed by atoms with Crippen LogP contribution in [-0.4, -0.2) is 65.2 Å². The molecule has 1 aromatic heterocycles. The van der Waals surface area contributed by atoms with Crippen LogP contribution in [0, 0.1) is 6.92 Å². The van der Waals surface area contributed by atoms with Gasteiger partial charge in [0.1, 0.15) is 5.76 Å². The number of amides is 1. The van der Waals surface area contributed by atoms with Crippen LogP contribution in [0.1, 0.15) is 28.2 Å². The molecule has 0 atom stereocenters. The minimum atomic E-state index is -0.250. The monoisotopic (exact) mass is 371 g/mol. The number of rotatable bonds is 4. The number of carbonyl (C=O) groups is 2. The number of nitrogens with zero attached hydrogens (tertiary/aromatic N) is 3. The molecule has 0 aliphatic carbocycles. The number of hydrogen-bond acceptors (Lipinski definition) is 5. The number of carboxylic acid groups (broad SMARTS) is 1. The summed E-state index contributed by atoms with van der Waals surface area (Å²) < 4.78 is 5.01. The Kier molecular flexibility index (Phi) is 8.25. The molecule has 1 aromatic carbocycles. The molecule has 0 saturated carbocycles. The zero-order valence-electron chi connectivity index (χ0n) is 15.5. The molecule has 1 aliphatic rings. The van der Waals surface area contributed by atoms with Crippen LogP contribution in [0.15, 0.2) is 47.0 Å². The van der Waals surface area contributed by atoms with Crippen molar-refractivity contribution in [3.63, 3.8) is 0 Å². The minimum Gasteiger partial charge on any atom is -0.483 e. The van der Waals surface area contributed by atoms with E-state index in [9.17, 15) is 4.79 Å². The Bertz CT molecular complexity index is 743. The Hall–Kier alpha value is -2.93. The molecule has 0 unspecified atom stereocenters. The molecule has 1 saturated heterocycles. The Morgan fingerprint density at radius 1 is 1.22 bits per heavy atom. The molecule has 0 spiro atoms. The van der Waals surface area contributed by atoms with Gasteiger partial charge in [0.05, 0.1) is 0 Å². The number of hydrogen-bond donors (Lipinski definition) is 1. The van der Waals surface area contributed by atoms with Gasteiger partial charge >= 0.3 is 0 Å². The second-order valence-electron chi connectivity index (χ2n) is 6.19. The van der Waals surface area contributed by atoms with E-state index in [1.54, 1.807) is 13.0 Å². The normalized spacial score (nSPS) is 15.1. The van der Waals surface area contributed by atoms with Crippen molar-refractivity contribution in [3.8, 4) is 0 Å². The first-order chi connectivity index (χ1) is 13.1. The summed E-state index contributed by atoms with van der Waals surface area (Å²) in [6.45, 7) is 5.82. The summed E-state index contributed by atoms with van der Waals surface area (Å²) in [7, 11) is 0. The number of carbonyl (C=O) groups excluding carboxylic acids is 1. The summed E-state index contributed by atoms with van der Waals surface area (Å²) >= 11 is 0. The third-order valence-electron chi connectivity index (χ3n) is 4.20. The van der Waals surface area contributed by atoms with Crippen LogP contribution < -0.4 is 0 Å². The molecular formula is C20H25N3O4. The predicted molar refractivity (Wildman–Crippen MR) is 102 cm³/mol. The van der Waals surface area contributed by atoms with Gasteiger partial charge in [0.15, 0.2) is 5.69 Å². The maximum atomic E-state index is 12.4. The van der Waals surface area contributed by atoms with Gasteiger partial charge in [-0.15, -0.1) is 0 Å². The number of benzene rings is 1. The number of aryl methyl sites for hydroxylation is 1. The highest BCUT2D eigenvalue weighted by Crippen LogP contribution is 2.10. The fourth-order valence-electron chi connectivity index (χ4n) is 2.89. The fourth-order valence-corrected chi connectivity index (χ4v) is 2.89. The van der Waals surface area contributed by atoms with Crippen LogP contribution in [0.25, 0.3) is 6.08 Å². The van der Waals surface area contributed by atoms with E-state index in [0.717, 1.165) is 39.1 Å². The van der Waals surface area contributed by atoms with Gasteiger partial charge in [0.2, 0.25) is 0 Å². The lowest BCUT2D eigenvalue weighted by molar-refractivity contribution is -0.122. The van der Waals surface area contributed by atoms with E-state index >= 15 is 0 Å². The highest BCUT2D eigenvalue weighted by molar-refractivity contribution is 5.92. The molecule has 0 bridgehead atoms. The van der Waals surface area contributed by atoms with Crippen molar-refractivity contribution in [2.45, 2.75) is 13.3 Å². The van der Waals surface area contributed by atoms with Crippen LogP contribution in [-0.2, 0) is 4.79 Å². The van der Waals surface area contributed by atoms with E-state index in [4.69, 9.17) is 14.4 Å². The topological polar surface area (TPSA) is 86.9 Å². The Labute approximate surface area is 158 Å². The first-order valence-electron chi connectivity index (χ1n) is 8.88. The van der Waals surface area contributed by atoms with Crippen molar-refractivity contribution in [1.82, 2.24) is 15.0 Å². The first kappa shape index (κ1) is 20.4. The lowest BCUT2D eigenvalue weighted by Gasteiger charge is -2.20. The van der Waals surface area contributed by atoms with Crippen molar-refractivity contribution in [2.24, 2.45) is 0 Å². The maximum Gasteiger partial charge on any atom is 0.290 e. The van der Waals surface area contributed by atoms with Crippen molar-refractivity contribution < 1.29 is 19.2 Å². The molecule has 144 valence electrons. The third kappa shape index (κ3) is 6.71. The van der Waals surface area contributed by atoms with E-state index < -0.39 is 0 Å². The zero-order chi connectivity index (χ0) is 19.5. The minimum absolute atomic E-state index is 0.0338. The molecule has 7 heteroatoms. The largest absolute Gasteiger partial charge is 0.483 e. The summed E-state index contributed by atoms with van der Waals surface area (Å²) in [5.41, 5.74) is 1.62. The lowest BCUT2D eigenvalue weighted by atomic mass is 10.2. The first-order valence-corrected chi connectivity index (χ1v) is 8.88. The molecule has 1 N–H and O–H groups in total. The average Bonchev–Trinajstić information content (AvgIpc) is 2.97. The molecule has 1 fully saturated rings. The van der Waals surface area contributed by atoms with Crippen molar-refractivity contribution in [2.75, 3.05) is 32.7 Å². The van der Waals surface area contributed by atoms with Crippen LogP contribution in [0.3, 0.4) is 0 Å². The lowest BCUT2D eigenvalue weighted by Crippen LogP contribution is -2.35. The van der Waals surface area contributed by atoms with E-state index in [2.05, 4.69) is 34.3 Å². The van der Waals surface area contributed by atoms with Gasteiger partial charge in [-0.2, -0.15) is 0 Å². The molecule has 1 amide bonds. The Balaban J connectivity index is 0.000000817. The van der Waals surface area contributed by atoms with Crippen LogP contribution in [0.4, 0.5) is 0 Å². The molecule has 7 nitrogen and oxygen atoms in total. The van der Waals surface area contributed by atoms with Gasteiger partial charge in [-0.3, -0.25) is 14.5 Å². The van der Waals surface area contributed by atoms with Crippen molar-refractivity contribution >= 4 is 18.5 Å². The van der Waals surface area contributed by atoms with Crippen molar-refractivity contribution in [3.05, 3.63) is 59.5 Å². The second kappa shape index (κ2) is 10.9. The highest BCUT2D eigenvalue weighted by atomic mass is 16.5. The molecule has 3 rings (SSSR count). The Morgan fingerprint density at radius 2 is 1.96 bits per heavy atom. The van der Waals surface area contributed by atoms with Gasteiger partial charge in [0.25, 0.3) is 12.4 Å². The summed E-state index contributed by atoms with van der Waals surface area (Å²) in [6, 6.07) is 12.0. The van der Waals surface area contributed by atoms with Crippen LogP contribution >= 0.6 is 0 Å². The maximum absolute atomic E-state index is 12.4. The fraction of sp³-hybridized carbons (Fsp3) is 0.350. The predicted octanol–water partition coefficient (Wildman–Crippen LogP) is 2.55. The molecular weight excluding hydrogens is 346 g/mol. The Morgan fingerprint density at radius 3 is 2.63 bits per heavy atom. The van der Waals surface area contributed by atoms with Gasteiger partial charge in [-0.1, -0.05) is 47.6 Å². The summed E-state index contributed by atoms with van der Waals surface area (Å²) in [5, 5.41) is 10.7. The quantitative estimate of drug-likeness (QED) is 0.831. The summed E-state index contributed by atoms with van der Waals surface area (Å²) in [6.07, 6.45) is 5.31. The van der Waals surface area contributed by atoms with Crippen molar-refractivity contribution in [1.29, 1.82) is 0 Å². The van der Waals surface area contributed by atoms with Crippen LogP contribution in [0.5, 0.6) is 0 Å². The average molecular weight is 371 g/mol. The standard InChI is InChI=1S/C19H23N3O2.CH2O2/c1-16-15-18(20-24-16)19(23)22-12-6-11-21(13-14-22)10-5-9-17-7-3-2-4-8-17;2-1-3/h2-5,7-9,15H,6,10-14H2,1H3;1H,(H,2,3)/b9-5+;. The third-order valence-corrected chi connectivity index (χ3v) is 4.20. The van der Waals surface area contributed by atoms with Gasteiger partial charge in [0, 0.05) is 38.8 Å². The molecule has 2 aromatic rings. The van der Waals surface area contributed by atoms with Crippen LogP contribution in [0.2, 0.25) is 0 Å². The SMILES string of the molecule is Cc1cc(C(=O)N2CCCN(C/C=C/c3ccccc3)CC2)no1.O=CO. The zero-order valence-corrected chi connectivity index (χ0v) is 15.5. The highest BCUT2D eigenvalue weighted by Gasteiger charge is 2.22. The summed E-state index contributed by atoms with van der Waals surface area (Å²) in [4.78, 5) is 25.1. The van der Waals surface area contributed by atoms with Gasteiger partial charge in [-0.05, 0) is 18.9 Å². The van der Waals surface area contributed by atoms with E-state index in [0.29, 0.717) is 11.5 Å². The second-order valence-corrected chi connectivity index (χ2v) is 6.19. The molecule has 0 radical (unpaired) electrons. The van der Waals surface area contributed by atoms with Gasteiger partial charge in [-0.25, -0.2) is 0 Å². The number of aromatic nitrogens is 1. The molecule has 27 heavy (non-hydrogen) atoms. The van der Waals surface area contributed by atoms with E-state index in [1.807, 2.05) is 23.1 Å². The van der Waals surface area contributed by atoms with Gasteiger partial charge < -0.3 is 14.5 Å². The molecule has 1 aliphatic heterocycles. The van der Waals surface area contributed by atoms with E-state index in [-0.39, 0.29) is 12.4 Å². The molecule has 2 heterocycles. The van der Waals surface area contributed by atoms with E-state index in [1.165, 1.54) is 5.56 Å². The summed E-state index contributed by atoms with van der Waals surface area (Å²) in [5.74, 6) is 0.634.